The van der Waals surface area contributed by atoms with E-state index in [1.165, 1.54) is 7.11 Å². The molecule has 160 valence electrons. The summed E-state index contributed by atoms with van der Waals surface area (Å²) in [5.41, 5.74) is 5.28. The number of carbonyl (C=O) groups is 1. The van der Waals surface area contributed by atoms with Crippen LogP contribution in [-0.4, -0.2) is 25.8 Å². The van der Waals surface area contributed by atoms with Crippen LogP contribution in [0, 0.1) is 6.92 Å². The Balaban J connectivity index is 3.13. The molecule has 0 radical (unpaired) electrons. The van der Waals surface area contributed by atoms with Gasteiger partial charge in [0.1, 0.15) is 5.78 Å². The second-order valence-corrected chi connectivity index (χ2v) is 7.87. The zero-order valence-corrected chi connectivity index (χ0v) is 19.4. The molecular weight excluding hydrogens is 372 g/mol. The van der Waals surface area contributed by atoms with Crippen LogP contribution in [0.5, 0.6) is 0 Å². The van der Waals surface area contributed by atoms with E-state index < -0.39 is 5.41 Å². The van der Waals surface area contributed by atoms with E-state index in [0.29, 0.717) is 12.3 Å². The van der Waals surface area contributed by atoms with Crippen LogP contribution in [0.4, 0.5) is 0 Å². The second-order valence-electron chi connectivity index (χ2n) is 7.87. The molecule has 0 aliphatic carbocycles. The average molecular weight is 407 g/mol. The van der Waals surface area contributed by atoms with E-state index in [9.17, 15) is 4.79 Å². The molecule has 30 heavy (non-hydrogen) atoms. The average Bonchev–Trinajstić information content (AvgIpc) is 2.68. The number of ketones is 1. The zero-order chi connectivity index (χ0) is 22.9. The molecule has 0 aliphatic heterocycles. The van der Waals surface area contributed by atoms with Crippen molar-refractivity contribution in [3.05, 3.63) is 76.8 Å². The molecule has 0 saturated heterocycles. The van der Waals surface area contributed by atoms with Gasteiger partial charge in [-0.2, -0.15) is 0 Å². The molecule has 1 aromatic carbocycles. The summed E-state index contributed by atoms with van der Waals surface area (Å²) in [6, 6.07) is 6.20. The SMILES string of the molecule is C=N/C(=C\C=C(/C)CC(=O)C(C)(C)c1ccc(/C(C=NC(=C)C)=C/C)cc1C)OC. The monoisotopic (exact) mass is 406 g/mol. The van der Waals surface area contributed by atoms with Crippen molar-refractivity contribution in [1.82, 2.24) is 0 Å². The Hall–Kier alpha value is -3.01. The first-order chi connectivity index (χ1) is 14.1. The first kappa shape index (κ1) is 25.0. The van der Waals surface area contributed by atoms with Crippen molar-refractivity contribution in [3.8, 4) is 0 Å². The van der Waals surface area contributed by atoms with E-state index >= 15 is 0 Å². The molecule has 1 rings (SSSR count). The van der Waals surface area contributed by atoms with Gasteiger partial charge in [0.05, 0.1) is 7.11 Å². The number of rotatable bonds is 10. The van der Waals surface area contributed by atoms with Gasteiger partial charge in [0, 0.05) is 29.8 Å². The van der Waals surface area contributed by atoms with Crippen LogP contribution < -0.4 is 0 Å². The number of nitrogens with zero attached hydrogens (tertiary/aromatic N) is 2. The van der Waals surface area contributed by atoms with Crippen molar-refractivity contribution in [2.45, 2.75) is 53.4 Å². The summed E-state index contributed by atoms with van der Waals surface area (Å²) in [5.74, 6) is 0.573. The number of carbonyl (C=O) groups excluding carboxylic acids is 1. The van der Waals surface area contributed by atoms with Crippen LogP contribution in [0.1, 0.15) is 57.7 Å². The van der Waals surface area contributed by atoms with Gasteiger partial charge in [-0.05, 0) is 70.5 Å². The minimum Gasteiger partial charge on any atom is -0.481 e. The van der Waals surface area contributed by atoms with Gasteiger partial charge in [-0.15, -0.1) is 0 Å². The number of hydrogen-bond acceptors (Lipinski definition) is 4. The number of aliphatic imine (C=N–C) groups is 2. The molecule has 0 spiro atoms. The van der Waals surface area contributed by atoms with Gasteiger partial charge in [0.15, 0.2) is 0 Å². The highest BCUT2D eigenvalue weighted by atomic mass is 16.5. The van der Waals surface area contributed by atoms with E-state index in [4.69, 9.17) is 4.74 Å². The third-order valence-electron chi connectivity index (χ3n) is 4.98. The fraction of sp³-hybridized carbons (Fsp3) is 0.346. The number of hydrogen-bond donors (Lipinski definition) is 0. The molecule has 0 unspecified atom stereocenters. The molecule has 0 heterocycles. The van der Waals surface area contributed by atoms with Crippen LogP contribution in [-0.2, 0) is 14.9 Å². The van der Waals surface area contributed by atoms with Crippen LogP contribution in [0.2, 0.25) is 0 Å². The maximum absolute atomic E-state index is 13.1. The Bertz CT molecular complexity index is 928. The first-order valence-corrected chi connectivity index (χ1v) is 9.95. The lowest BCUT2D eigenvalue weighted by Gasteiger charge is -2.26. The summed E-state index contributed by atoms with van der Waals surface area (Å²) in [5, 5.41) is 0. The smallest absolute Gasteiger partial charge is 0.212 e. The maximum Gasteiger partial charge on any atom is 0.212 e. The molecule has 4 nitrogen and oxygen atoms in total. The van der Waals surface area contributed by atoms with Crippen molar-refractivity contribution in [2.24, 2.45) is 9.98 Å². The Kier molecular flexibility index (Phi) is 9.38. The van der Waals surface area contributed by atoms with Crippen molar-refractivity contribution in [1.29, 1.82) is 0 Å². The normalized spacial score (nSPS) is 13.5. The summed E-state index contributed by atoms with van der Waals surface area (Å²) >= 11 is 0. The highest BCUT2D eigenvalue weighted by Gasteiger charge is 2.30. The van der Waals surface area contributed by atoms with Gasteiger partial charge >= 0.3 is 0 Å². The second kappa shape index (κ2) is 11.2. The van der Waals surface area contributed by atoms with Gasteiger partial charge in [0.2, 0.25) is 5.88 Å². The molecule has 0 aliphatic rings. The van der Waals surface area contributed by atoms with Crippen molar-refractivity contribution >= 4 is 24.3 Å². The topological polar surface area (TPSA) is 51.0 Å². The van der Waals surface area contributed by atoms with Crippen LogP contribution >= 0.6 is 0 Å². The highest BCUT2D eigenvalue weighted by Crippen LogP contribution is 2.31. The molecule has 0 fully saturated rings. The molecule has 0 saturated carbocycles. The maximum atomic E-state index is 13.1. The van der Waals surface area contributed by atoms with Crippen molar-refractivity contribution < 1.29 is 9.53 Å². The Morgan fingerprint density at radius 2 is 1.90 bits per heavy atom. The first-order valence-electron chi connectivity index (χ1n) is 9.95. The number of allylic oxidation sites excluding steroid dienone is 6. The summed E-state index contributed by atoms with van der Waals surface area (Å²) in [6.07, 6.45) is 7.75. The number of ether oxygens (including phenoxy) is 1. The third-order valence-corrected chi connectivity index (χ3v) is 4.98. The molecule has 0 amide bonds. The van der Waals surface area contributed by atoms with Crippen molar-refractivity contribution in [2.75, 3.05) is 7.11 Å². The predicted molar refractivity (Wildman–Crippen MR) is 129 cm³/mol. The Morgan fingerprint density at radius 3 is 2.40 bits per heavy atom. The summed E-state index contributed by atoms with van der Waals surface area (Å²) < 4.78 is 5.06. The third kappa shape index (κ3) is 6.80. The lowest BCUT2D eigenvalue weighted by atomic mass is 9.76. The van der Waals surface area contributed by atoms with Gasteiger partial charge in [-0.25, -0.2) is 4.99 Å². The van der Waals surface area contributed by atoms with Crippen LogP contribution in [0.25, 0.3) is 5.57 Å². The molecule has 0 N–H and O–H groups in total. The predicted octanol–water partition coefficient (Wildman–Crippen LogP) is 6.37. The lowest BCUT2D eigenvalue weighted by Crippen LogP contribution is -2.30. The minimum atomic E-state index is -0.607. The van der Waals surface area contributed by atoms with Gasteiger partial charge in [0.25, 0.3) is 0 Å². The van der Waals surface area contributed by atoms with Gasteiger partial charge < -0.3 is 4.74 Å². The molecule has 0 bridgehead atoms. The van der Waals surface area contributed by atoms with Gasteiger partial charge in [-0.1, -0.05) is 42.5 Å². The molecule has 0 aromatic heterocycles. The van der Waals surface area contributed by atoms with E-state index in [0.717, 1.165) is 33.5 Å². The van der Waals surface area contributed by atoms with Crippen LogP contribution in [0.15, 0.2) is 70.1 Å². The number of aryl methyl sites for hydroxylation is 1. The van der Waals surface area contributed by atoms with E-state index in [1.54, 1.807) is 6.08 Å². The highest BCUT2D eigenvalue weighted by molar-refractivity contribution is 6.10. The molecule has 0 atom stereocenters. The fourth-order valence-corrected chi connectivity index (χ4v) is 3.12. The summed E-state index contributed by atoms with van der Waals surface area (Å²) in [7, 11) is 1.54. The minimum absolute atomic E-state index is 0.154. The van der Waals surface area contributed by atoms with E-state index in [1.807, 2.05) is 72.0 Å². The fourth-order valence-electron chi connectivity index (χ4n) is 3.12. The Morgan fingerprint density at radius 1 is 1.23 bits per heavy atom. The summed E-state index contributed by atoms with van der Waals surface area (Å²) in [6.45, 7) is 19.0. The number of methoxy groups -OCH3 is 1. The van der Waals surface area contributed by atoms with E-state index in [2.05, 4.69) is 29.3 Å². The number of benzene rings is 1. The molecular formula is C26H34N2O2. The van der Waals surface area contributed by atoms with Gasteiger partial charge in [-0.3, -0.25) is 9.79 Å². The quantitative estimate of drug-likeness (QED) is 0.257. The Labute approximate surface area is 181 Å². The lowest BCUT2D eigenvalue weighted by molar-refractivity contribution is -0.122. The largest absolute Gasteiger partial charge is 0.481 e. The summed E-state index contributed by atoms with van der Waals surface area (Å²) in [4.78, 5) is 21.2. The molecule has 1 aromatic rings. The standard InChI is InChI=1S/C26H34N2O2/c1-10-21(17-28-18(2)3)22-12-13-23(20(5)16-22)26(6,7)24(29)15-19(4)11-14-25(27-8)30-9/h10-14,16-17H,2,8,15H2,1,3-7,9H3/b19-11+,21-10+,25-14+,28-17?. The number of Topliss-reactive ketones (excluding diaryl/α,β-unsaturated/α-hetero) is 1. The van der Waals surface area contributed by atoms with E-state index in [-0.39, 0.29) is 5.78 Å². The van der Waals surface area contributed by atoms with Crippen molar-refractivity contribution in [3.63, 3.8) is 0 Å². The zero-order valence-electron chi connectivity index (χ0n) is 19.4. The van der Waals surface area contributed by atoms with Crippen LogP contribution in [0.3, 0.4) is 0 Å². The molecule has 4 heteroatoms.